The Balaban J connectivity index is 1.40. The van der Waals surface area contributed by atoms with Crippen LogP contribution in [0.1, 0.15) is 40.0 Å². The molecule has 1 aliphatic heterocycles. The summed E-state index contributed by atoms with van der Waals surface area (Å²) < 4.78 is 7.98. The van der Waals surface area contributed by atoms with Crippen LogP contribution in [0.15, 0.2) is 79.3 Å². The van der Waals surface area contributed by atoms with E-state index in [2.05, 4.69) is 21.3 Å². The molecule has 0 bridgehead atoms. The number of carbonyl (C=O) groups excluding carboxylic acids is 1. The van der Waals surface area contributed by atoms with Gasteiger partial charge in [0.1, 0.15) is 11.5 Å². The Labute approximate surface area is 217 Å². The molecule has 37 heavy (non-hydrogen) atoms. The minimum atomic E-state index is -0.291. The monoisotopic (exact) mass is 496 g/mol. The van der Waals surface area contributed by atoms with Crippen molar-refractivity contribution in [2.45, 2.75) is 39.3 Å². The number of nitrogens with one attached hydrogen (secondary N) is 1. The molecule has 3 aromatic carbocycles. The first-order valence-electron chi connectivity index (χ1n) is 12.6. The van der Waals surface area contributed by atoms with E-state index < -0.39 is 0 Å². The number of likely N-dealkylation sites (tertiary alicyclic amines) is 1. The van der Waals surface area contributed by atoms with Crippen molar-refractivity contribution in [3.63, 3.8) is 0 Å². The first-order valence-corrected chi connectivity index (χ1v) is 12.6. The molecule has 4 aromatic rings. The third-order valence-electron chi connectivity index (χ3n) is 6.55. The summed E-state index contributed by atoms with van der Waals surface area (Å²) >= 11 is 0. The molecule has 1 unspecified atom stereocenters. The van der Waals surface area contributed by atoms with Gasteiger partial charge in [0.15, 0.2) is 0 Å². The van der Waals surface area contributed by atoms with Crippen molar-refractivity contribution in [3.8, 4) is 17.2 Å². The van der Waals surface area contributed by atoms with Crippen LogP contribution in [-0.4, -0.2) is 44.7 Å². The van der Waals surface area contributed by atoms with E-state index in [1.54, 1.807) is 12.4 Å². The molecule has 1 aliphatic rings. The number of imidazole rings is 1. The fourth-order valence-corrected chi connectivity index (χ4v) is 4.65. The third kappa shape index (κ3) is 6.25. The fraction of sp³-hybridized carbons (Fsp3) is 0.267. The Morgan fingerprint density at radius 3 is 2.70 bits per heavy atom. The zero-order valence-corrected chi connectivity index (χ0v) is 21.2. The van der Waals surface area contributed by atoms with E-state index in [1.807, 2.05) is 79.2 Å². The summed E-state index contributed by atoms with van der Waals surface area (Å²) in [5.74, 6) is 1.15. The van der Waals surface area contributed by atoms with Gasteiger partial charge in [-0.2, -0.15) is 0 Å². The highest BCUT2D eigenvalue weighted by atomic mass is 16.5. The minimum Gasteiger partial charge on any atom is -0.457 e. The molecule has 1 atom stereocenters. The maximum absolute atomic E-state index is 13.3. The average molecular weight is 497 g/mol. The van der Waals surface area contributed by atoms with Gasteiger partial charge in [-0.05, 0) is 86.8 Å². The number of anilines is 1. The number of aliphatic hydroxyl groups excluding tert-OH is 1. The molecule has 5 rings (SSSR count). The van der Waals surface area contributed by atoms with Gasteiger partial charge in [-0.15, -0.1) is 0 Å². The van der Waals surface area contributed by atoms with Crippen LogP contribution in [0.25, 0.3) is 5.69 Å². The number of nitrogens with zero attached hydrogens (tertiary/aromatic N) is 3. The van der Waals surface area contributed by atoms with Gasteiger partial charge < -0.3 is 19.7 Å². The lowest BCUT2D eigenvalue weighted by Gasteiger charge is -2.30. The Morgan fingerprint density at radius 2 is 1.95 bits per heavy atom. The number of para-hydroxylation sites is 1. The summed E-state index contributed by atoms with van der Waals surface area (Å²) in [5.41, 5.74) is 5.06. The highest BCUT2D eigenvalue weighted by molar-refractivity contribution is 6.04. The van der Waals surface area contributed by atoms with Crippen LogP contribution in [0.5, 0.6) is 11.5 Å². The molecular formula is C30H32N4O3. The molecule has 7 heteroatoms. The smallest absolute Gasteiger partial charge is 0.255 e. The van der Waals surface area contributed by atoms with Gasteiger partial charge in [0.05, 0.1) is 18.1 Å². The number of amides is 1. The van der Waals surface area contributed by atoms with Crippen molar-refractivity contribution in [3.05, 3.63) is 102 Å². The molecule has 7 nitrogen and oxygen atoms in total. The van der Waals surface area contributed by atoms with Gasteiger partial charge in [0, 0.05) is 36.2 Å². The molecule has 2 heterocycles. The van der Waals surface area contributed by atoms with E-state index in [9.17, 15) is 9.90 Å². The van der Waals surface area contributed by atoms with Crippen molar-refractivity contribution >= 4 is 11.6 Å². The molecule has 1 saturated heterocycles. The number of ether oxygens (including phenoxy) is 1. The molecular weight excluding hydrogens is 464 g/mol. The first kappa shape index (κ1) is 24.7. The number of β-amino-alcohol motifs (C(OH)–C–C–N with tert-alkyl or cyclic N) is 1. The molecule has 0 saturated carbocycles. The second kappa shape index (κ2) is 11.0. The molecule has 1 aromatic heterocycles. The molecule has 1 fully saturated rings. The van der Waals surface area contributed by atoms with Crippen LogP contribution in [-0.2, 0) is 6.54 Å². The van der Waals surface area contributed by atoms with Gasteiger partial charge in [-0.1, -0.05) is 24.3 Å². The van der Waals surface area contributed by atoms with Crippen molar-refractivity contribution in [2.24, 2.45) is 0 Å². The summed E-state index contributed by atoms with van der Waals surface area (Å²) in [6.45, 7) is 6.20. The lowest BCUT2D eigenvalue weighted by molar-refractivity contribution is 0.0668. The van der Waals surface area contributed by atoms with Crippen molar-refractivity contribution in [1.29, 1.82) is 0 Å². The molecule has 0 aliphatic carbocycles. The van der Waals surface area contributed by atoms with Gasteiger partial charge in [-0.25, -0.2) is 4.98 Å². The zero-order valence-electron chi connectivity index (χ0n) is 21.2. The standard InChI is InChI=1S/C30H32N4O3/c1-21-10-11-24(15-29(21)37-28-8-4-3-5-9-28)30(36)32-25-13-23(18-33-12-6-7-27(35)19-33)14-26(16-25)34-17-22(2)31-20-34/h3-5,8-11,13-17,20,27,35H,6-7,12,18-19H2,1-2H3,(H,32,36). The molecule has 0 spiro atoms. The minimum absolute atomic E-state index is 0.212. The average Bonchev–Trinajstić information content (AvgIpc) is 3.32. The predicted molar refractivity (Wildman–Crippen MR) is 144 cm³/mol. The summed E-state index contributed by atoms with van der Waals surface area (Å²) in [7, 11) is 0. The van der Waals surface area contributed by atoms with Crippen LogP contribution in [0.2, 0.25) is 0 Å². The normalized spacial score (nSPS) is 15.9. The summed E-state index contributed by atoms with van der Waals surface area (Å²) in [6.07, 6.45) is 5.27. The van der Waals surface area contributed by atoms with Crippen molar-refractivity contribution in [2.75, 3.05) is 18.4 Å². The van der Waals surface area contributed by atoms with E-state index >= 15 is 0 Å². The number of piperidine rings is 1. The highest BCUT2D eigenvalue weighted by Gasteiger charge is 2.19. The maximum Gasteiger partial charge on any atom is 0.255 e. The van der Waals surface area contributed by atoms with E-state index in [0.717, 1.165) is 47.6 Å². The maximum atomic E-state index is 13.3. The number of hydrogen-bond acceptors (Lipinski definition) is 5. The summed E-state index contributed by atoms with van der Waals surface area (Å²) in [5, 5.41) is 13.2. The van der Waals surface area contributed by atoms with Gasteiger partial charge in [0.25, 0.3) is 5.91 Å². The van der Waals surface area contributed by atoms with Crippen molar-refractivity contribution < 1.29 is 14.6 Å². The van der Waals surface area contributed by atoms with E-state index in [1.165, 1.54) is 0 Å². The Kier molecular flexibility index (Phi) is 7.35. The lowest BCUT2D eigenvalue weighted by atomic mass is 10.1. The second-order valence-electron chi connectivity index (χ2n) is 9.69. The van der Waals surface area contributed by atoms with Crippen molar-refractivity contribution in [1.82, 2.24) is 14.5 Å². The zero-order chi connectivity index (χ0) is 25.8. The van der Waals surface area contributed by atoms with Crippen LogP contribution < -0.4 is 10.1 Å². The third-order valence-corrected chi connectivity index (χ3v) is 6.55. The largest absolute Gasteiger partial charge is 0.457 e. The second-order valence-corrected chi connectivity index (χ2v) is 9.69. The predicted octanol–water partition coefficient (Wildman–Crippen LogP) is 5.49. The van der Waals surface area contributed by atoms with Gasteiger partial charge in [-0.3, -0.25) is 9.69 Å². The number of carbonyl (C=O) groups is 1. The first-order chi connectivity index (χ1) is 17.9. The fourth-order valence-electron chi connectivity index (χ4n) is 4.65. The SMILES string of the molecule is Cc1cn(-c2cc(CN3CCCC(O)C3)cc(NC(=O)c3ccc(C)c(Oc4ccccc4)c3)c2)cn1. The van der Waals surface area contributed by atoms with Crippen LogP contribution in [0.4, 0.5) is 5.69 Å². The summed E-state index contributed by atoms with van der Waals surface area (Å²) in [6, 6.07) is 21.1. The van der Waals surface area contributed by atoms with E-state index in [4.69, 9.17) is 4.74 Å². The van der Waals surface area contributed by atoms with E-state index in [0.29, 0.717) is 30.1 Å². The number of rotatable bonds is 7. The Bertz CT molecular complexity index is 1380. The molecule has 190 valence electrons. The number of benzene rings is 3. The number of aryl methyl sites for hydroxylation is 2. The van der Waals surface area contributed by atoms with Crippen LogP contribution in [0, 0.1) is 13.8 Å². The molecule has 1 amide bonds. The number of hydrogen-bond donors (Lipinski definition) is 2. The quantitative estimate of drug-likeness (QED) is 0.354. The van der Waals surface area contributed by atoms with E-state index in [-0.39, 0.29) is 12.0 Å². The number of aliphatic hydroxyl groups is 1. The number of aromatic nitrogens is 2. The topological polar surface area (TPSA) is 79.6 Å². The Morgan fingerprint density at radius 1 is 1.11 bits per heavy atom. The van der Waals surface area contributed by atoms with Crippen LogP contribution >= 0.6 is 0 Å². The molecule has 2 N–H and O–H groups in total. The van der Waals surface area contributed by atoms with Gasteiger partial charge in [0.2, 0.25) is 0 Å². The Hall–Kier alpha value is -3.94. The van der Waals surface area contributed by atoms with Gasteiger partial charge >= 0.3 is 0 Å². The van der Waals surface area contributed by atoms with Crippen LogP contribution in [0.3, 0.4) is 0 Å². The summed E-state index contributed by atoms with van der Waals surface area (Å²) in [4.78, 5) is 19.9. The highest BCUT2D eigenvalue weighted by Crippen LogP contribution is 2.27. The lowest BCUT2D eigenvalue weighted by Crippen LogP contribution is -2.37. The molecule has 0 radical (unpaired) electrons.